The number of ether oxygens (including phenoxy) is 2. The summed E-state index contributed by atoms with van der Waals surface area (Å²) < 4.78 is 9.40. The van der Waals surface area contributed by atoms with Crippen molar-refractivity contribution >= 4 is 17.5 Å². The number of nitro groups is 2. The molecule has 1 aromatic carbocycles. The summed E-state index contributed by atoms with van der Waals surface area (Å²) in [4.78, 5) is 32.5. The summed E-state index contributed by atoms with van der Waals surface area (Å²) in [7, 11) is 1.08. The van der Waals surface area contributed by atoms with E-state index >= 15 is 0 Å². The van der Waals surface area contributed by atoms with Crippen LogP contribution in [0.4, 0.5) is 16.2 Å². The van der Waals surface area contributed by atoms with Crippen molar-refractivity contribution in [2.24, 2.45) is 0 Å². The minimum absolute atomic E-state index is 0.204. The molecule has 0 aliphatic rings. The van der Waals surface area contributed by atoms with Gasteiger partial charge in [-0.05, 0) is 18.8 Å². The van der Waals surface area contributed by atoms with Gasteiger partial charge in [0.1, 0.15) is 0 Å². The van der Waals surface area contributed by atoms with Crippen LogP contribution in [0.1, 0.15) is 57.4 Å². The van der Waals surface area contributed by atoms with Crippen molar-refractivity contribution in [1.29, 1.82) is 0 Å². The zero-order valence-corrected chi connectivity index (χ0v) is 14.5. The summed E-state index contributed by atoms with van der Waals surface area (Å²) in [6, 6.07) is 2.03. The summed E-state index contributed by atoms with van der Waals surface area (Å²) in [6.07, 6.45) is 3.00. The first kappa shape index (κ1) is 20.3. The van der Waals surface area contributed by atoms with E-state index in [4.69, 9.17) is 4.74 Å². The fourth-order valence-corrected chi connectivity index (χ4v) is 2.62. The summed E-state index contributed by atoms with van der Waals surface area (Å²) in [6.45, 7) is 3.92. The molecule has 9 heteroatoms. The Morgan fingerprint density at radius 1 is 1.16 bits per heavy atom. The van der Waals surface area contributed by atoms with E-state index in [0.717, 1.165) is 32.4 Å². The van der Waals surface area contributed by atoms with E-state index in [1.165, 1.54) is 6.07 Å². The van der Waals surface area contributed by atoms with Crippen LogP contribution in [-0.4, -0.2) is 23.1 Å². The molecule has 1 rings (SSSR count). The Morgan fingerprint density at radius 2 is 1.84 bits per heavy atom. The molecular weight excluding hydrogens is 332 g/mol. The molecule has 9 nitrogen and oxygen atoms in total. The number of rotatable bonds is 9. The van der Waals surface area contributed by atoms with Crippen molar-refractivity contribution in [2.75, 3.05) is 7.11 Å². The van der Waals surface area contributed by atoms with Crippen molar-refractivity contribution in [3.8, 4) is 5.75 Å². The zero-order valence-electron chi connectivity index (χ0n) is 14.5. The molecular formula is C16H22N2O7. The SMILES string of the molecule is CCCCC[C@@H](CC)c1cc([N+](=O)[O-])cc([N+](=O)[O-])c1OC(=O)OC. The van der Waals surface area contributed by atoms with E-state index in [2.05, 4.69) is 4.74 Å². The van der Waals surface area contributed by atoms with Crippen molar-refractivity contribution < 1.29 is 24.1 Å². The Hall–Kier alpha value is -2.71. The minimum Gasteiger partial charge on any atom is -0.437 e. The molecule has 0 aromatic heterocycles. The summed E-state index contributed by atoms with van der Waals surface area (Å²) in [5.74, 6) is -0.490. The second-order valence-electron chi connectivity index (χ2n) is 5.55. The van der Waals surface area contributed by atoms with Gasteiger partial charge in [-0.2, -0.15) is 0 Å². The van der Waals surface area contributed by atoms with Crippen LogP contribution in [0.15, 0.2) is 12.1 Å². The van der Waals surface area contributed by atoms with Crippen LogP contribution in [0.25, 0.3) is 0 Å². The highest BCUT2D eigenvalue weighted by Crippen LogP contribution is 2.42. The van der Waals surface area contributed by atoms with Crippen LogP contribution in [0.5, 0.6) is 5.75 Å². The molecule has 0 unspecified atom stereocenters. The Balaban J connectivity index is 3.48. The zero-order chi connectivity index (χ0) is 19.0. The fourth-order valence-electron chi connectivity index (χ4n) is 2.62. The number of hydrogen-bond donors (Lipinski definition) is 0. The van der Waals surface area contributed by atoms with Gasteiger partial charge in [0.2, 0.25) is 5.75 Å². The quantitative estimate of drug-likeness (QED) is 0.207. The first-order valence-electron chi connectivity index (χ1n) is 8.08. The van der Waals surface area contributed by atoms with Gasteiger partial charge in [0, 0.05) is 11.6 Å². The lowest BCUT2D eigenvalue weighted by atomic mass is 9.89. The summed E-state index contributed by atoms with van der Waals surface area (Å²) in [5.41, 5.74) is -0.749. The largest absolute Gasteiger partial charge is 0.513 e. The highest BCUT2D eigenvalue weighted by molar-refractivity contribution is 5.69. The van der Waals surface area contributed by atoms with Gasteiger partial charge in [0.15, 0.2) is 0 Å². The third-order valence-electron chi connectivity index (χ3n) is 3.93. The maximum absolute atomic E-state index is 11.5. The van der Waals surface area contributed by atoms with Crippen LogP contribution in [0, 0.1) is 20.2 Å². The first-order valence-corrected chi connectivity index (χ1v) is 8.08. The summed E-state index contributed by atoms with van der Waals surface area (Å²) in [5, 5.41) is 22.5. The molecule has 0 fully saturated rings. The Kier molecular flexibility index (Phi) is 7.77. The van der Waals surface area contributed by atoms with Gasteiger partial charge in [-0.25, -0.2) is 4.79 Å². The lowest BCUT2D eigenvalue weighted by Crippen LogP contribution is -2.13. The van der Waals surface area contributed by atoms with Gasteiger partial charge >= 0.3 is 11.8 Å². The number of carbonyl (C=O) groups excluding carboxylic acids is 1. The predicted octanol–water partition coefficient (Wildman–Crippen LogP) is 4.72. The van der Waals surface area contributed by atoms with Crippen molar-refractivity contribution in [1.82, 2.24) is 0 Å². The molecule has 0 aliphatic heterocycles. The van der Waals surface area contributed by atoms with E-state index < -0.39 is 27.4 Å². The maximum Gasteiger partial charge on any atom is 0.513 e. The van der Waals surface area contributed by atoms with E-state index in [1.54, 1.807) is 0 Å². The third kappa shape index (κ3) is 5.40. The second-order valence-corrected chi connectivity index (χ2v) is 5.55. The molecule has 1 atom stereocenters. The number of hydrogen-bond acceptors (Lipinski definition) is 7. The molecule has 1 aromatic rings. The molecule has 0 radical (unpaired) electrons. The number of nitrogens with zero attached hydrogens (tertiary/aromatic N) is 2. The first-order chi connectivity index (χ1) is 11.8. The molecule has 0 amide bonds. The Bertz CT molecular complexity index is 646. The van der Waals surface area contributed by atoms with Crippen molar-refractivity contribution in [2.45, 2.75) is 51.9 Å². The van der Waals surface area contributed by atoms with E-state index in [0.29, 0.717) is 12.8 Å². The lowest BCUT2D eigenvalue weighted by molar-refractivity contribution is -0.394. The van der Waals surface area contributed by atoms with Gasteiger partial charge < -0.3 is 9.47 Å². The molecule has 0 heterocycles. The number of nitro benzene ring substituents is 2. The van der Waals surface area contributed by atoms with E-state index in [-0.39, 0.29) is 17.2 Å². The minimum atomic E-state index is -1.11. The Morgan fingerprint density at radius 3 is 2.32 bits per heavy atom. The van der Waals surface area contributed by atoms with E-state index in [1.807, 2.05) is 13.8 Å². The van der Waals surface area contributed by atoms with Crippen molar-refractivity contribution in [3.63, 3.8) is 0 Å². The van der Waals surface area contributed by atoms with Gasteiger partial charge in [-0.3, -0.25) is 20.2 Å². The number of carbonyl (C=O) groups is 1. The van der Waals surface area contributed by atoms with Crippen LogP contribution in [0.2, 0.25) is 0 Å². The average Bonchev–Trinajstić information content (AvgIpc) is 2.58. The predicted molar refractivity (Wildman–Crippen MR) is 90.0 cm³/mol. The molecule has 0 saturated carbocycles. The highest BCUT2D eigenvalue weighted by atomic mass is 16.7. The highest BCUT2D eigenvalue weighted by Gasteiger charge is 2.30. The van der Waals surface area contributed by atoms with E-state index in [9.17, 15) is 25.0 Å². The monoisotopic (exact) mass is 354 g/mol. The van der Waals surface area contributed by atoms with Crippen LogP contribution in [0.3, 0.4) is 0 Å². The third-order valence-corrected chi connectivity index (χ3v) is 3.93. The molecule has 0 aliphatic carbocycles. The molecule has 0 bridgehead atoms. The lowest BCUT2D eigenvalue weighted by Gasteiger charge is -2.18. The van der Waals surface area contributed by atoms with Crippen molar-refractivity contribution in [3.05, 3.63) is 37.9 Å². The number of unbranched alkanes of at least 4 members (excludes halogenated alkanes) is 2. The maximum atomic E-state index is 11.5. The Labute approximate surface area is 145 Å². The number of methoxy groups -OCH3 is 1. The fraction of sp³-hybridized carbons (Fsp3) is 0.562. The standard InChI is InChI=1S/C16H22N2O7/c1-4-6-7-8-11(5-2)13-9-12(17(20)21)10-14(18(22)23)15(13)25-16(19)24-3/h9-11H,4-8H2,1-3H3/t11-/m1/s1. The van der Waals surface area contributed by atoms with Crippen LogP contribution in [-0.2, 0) is 4.74 Å². The van der Waals surface area contributed by atoms with Gasteiger partial charge in [0.05, 0.1) is 23.0 Å². The molecule has 25 heavy (non-hydrogen) atoms. The smallest absolute Gasteiger partial charge is 0.437 e. The number of non-ortho nitro benzene ring substituents is 1. The van der Waals surface area contributed by atoms with Gasteiger partial charge in [-0.15, -0.1) is 0 Å². The second kappa shape index (κ2) is 9.55. The van der Waals surface area contributed by atoms with Crippen LogP contribution < -0.4 is 4.74 Å². The normalized spacial score (nSPS) is 11.6. The average molecular weight is 354 g/mol. The van der Waals surface area contributed by atoms with Gasteiger partial charge in [0.25, 0.3) is 5.69 Å². The molecule has 0 spiro atoms. The van der Waals surface area contributed by atoms with Crippen LogP contribution >= 0.6 is 0 Å². The molecule has 138 valence electrons. The number of benzene rings is 1. The topological polar surface area (TPSA) is 122 Å². The van der Waals surface area contributed by atoms with Gasteiger partial charge in [-0.1, -0.05) is 33.1 Å². The summed E-state index contributed by atoms with van der Waals surface area (Å²) >= 11 is 0. The molecule has 0 saturated heterocycles. The molecule has 0 N–H and O–H groups in total.